The summed E-state index contributed by atoms with van der Waals surface area (Å²) in [5.74, 6) is -5.90. The fraction of sp³-hybridized carbons (Fsp3) is 0.452. The number of carbonyl (C=O) groups excluding carboxylic acids is 4. The predicted octanol–water partition coefficient (Wildman–Crippen LogP) is 2.09. The van der Waals surface area contributed by atoms with Gasteiger partial charge in [0.25, 0.3) is 17.6 Å². The SMILES string of the molecule is CCn1c(CNC(=O)c2nc3cc[nH]c3nc2N)[n+](CC)c2ccc(C(=O)NCCN3CCC(N)CC3)cc21.O=C(OC(=O)C(F)(F)F)C(F)(F)F. The number of ether oxygens (including phenoxy) is 1. The summed E-state index contributed by atoms with van der Waals surface area (Å²) < 4.78 is 73.9. The van der Waals surface area contributed by atoms with Gasteiger partial charge in [-0.3, -0.25) is 9.59 Å². The van der Waals surface area contributed by atoms with Crippen LogP contribution in [0.25, 0.3) is 22.2 Å². The molecule has 2 amide bonds. The van der Waals surface area contributed by atoms with E-state index in [2.05, 4.69) is 51.3 Å². The van der Waals surface area contributed by atoms with Crippen LogP contribution in [-0.2, 0) is 34.0 Å². The van der Waals surface area contributed by atoms with Crippen molar-refractivity contribution in [1.82, 2.24) is 35.1 Å². The smallest absolute Gasteiger partial charge is 0.382 e. The van der Waals surface area contributed by atoms with Gasteiger partial charge in [0.05, 0.1) is 13.1 Å². The maximum atomic E-state index is 13.0. The number of hydrogen-bond donors (Lipinski definition) is 5. The van der Waals surface area contributed by atoms with Crippen LogP contribution in [0.5, 0.6) is 0 Å². The number of nitrogens with one attached hydrogen (secondary N) is 3. The number of likely N-dealkylation sites (tertiary alicyclic amines) is 1. The Kier molecular flexibility index (Phi) is 12.4. The highest BCUT2D eigenvalue weighted by atomic mass is 19.4. The first-order valence-corrected chi connectivity index (χ1v) is 16.0. The average molecular weight is 744 g/mol. The number of piperidine rings is 1. The molecule has 21 heteroatoms. The number of nitrogens with two attached hydrogens (primary N) is 2. The Morgan fingerprint density at radius 2 is 1.63 bits per heavy atom. The van der Waals surface area contributed by atoms with E-state index in [9.17, 15) is 45.5 Å². The molecule has 7 N–H and O–H groups in total. The Labute approximate surface area is 291 Å². The molecular weight excluding hydrogens is 706 g/mol. The Morgan fingerprint density at radius 3 is 2.23 bits per heavy atom. The van der Waals surface area contributed by atoms with E-state index in [0.29, 0.717) is 42.4 Å². The summed E-state index contributed by atoms with van der Waals surface area (Å²) in [6, 6.07) is 7.79. The standard InChI is InChI=1S/C27H36N10O2.C4F6O3/c1-3-36-20-6-5-17(26(38)31-11-14-35-12-8-18(28)9-13-35)15-21(20)37(4-2)22(36)16-32-27(39)23-24(29)34-25-19(33-23)7-10-30-25;5-3(6,7)1(11)13-2(12)4(8,9)10/h5-7,10,15,18H,3-4,8-9,11-14,16,28H2,1-2H3,(H4-,29,30,31,32,33,34,38,39);/p+1. The van der Waals surface area contributed by atoms with Gasteiger partial charge in [0.1, 0.15) is 12.1 Å². The van der Waals surface area contributed by atoms with E-state index in [1.807, 2.05) is 25.1 Å². The number of carbonyl (C=O) groups is 4. The van der Waals surface area contributed by atoms with Crippen LogP contribution >= 0.6 is 0 Å². The number of alkyl halides is 6. The predicted molar refractivity (Wildman–Crippen MR) is 172 cm³/mol. The first-order valence-electron chi connectivity index (χ1n) is 16.0. The molecule has 0 spiro atoms. The van der Waals surface area contributed by atoms with E-state index in [4.69, 9.17) is 11.5 Å². The lowest BCUT2D eigenvalue weighted by Crippen LogP contribution is -2.43. The van der Waals surface area contributed by atoms with E-state index >= 15 is 0 Å². The van der Waals surface area contributed by atoms with Crippen molar-refractivity contribution < 1.29 is 54.8 Å². The molecular formula is C31H37F6N10O5+. The Bertz CT molecular complexity index is 1910. The molecule has 1 fully saturated rings. The third-order valence-corrected chi connectivity index (χ3v) is 8.10. The molecule has 0 aliphatic carbocycles. The second kappa shape index (κ2) is 16.4. The molecule has 4 aromatic rings. The maximum Gasteiger partial charge on any atom is 0.491 e. The van der Waals surface area contributed by atoms with Crippen molar-refractivity contribution >= 4 is 51.8 Å². The minimum Gasteiger partial charge on any atom is -0.382 e. The van der Waals surface area contributed by atoms with Crippen LogP contribution in [0.3, 0.4) is 0 Å². The number of H-pyrrole nitrogens is 1. The lowest BCUT2D eigenvalue weighted by molar-refractivity contribution is -0.676. The number of halogens is 6. The maximum absolute atomic E-state index is 13.0. The molecule has 1 aliphatic rings. The van der Waals surface area contributed by atoms with E-state index in [0.717, 1.165) is 49.3 Å². The lowest BCUT2D eigenvalue weighted by Gasteiger charge is -2.29. The van der Waals surface area contributed by atoms with E-state index in [1.54, 1.807) is 12.3 Å². The number of benzene rings is 1. The first kappa shape index (κ1) is 39.5. The molecule has 52 heavy (non-hydrogen) atoms. The lowest BCUT2D eigenvalue weighted by atomic mass is 10.1. The van der Waals surface area contributed by atoms with Crippen molar-refractivity contribution in [3.05, 3.63) is 47.5 Å². The summed E-state index contributed by atoms with van der Waals surface area (Å²) in [4.78, 5) is 59.2. The summed E-state index contributed by atoms with van der Waals surface area (Å²) in [6.45, 7) is 9.11. The third kappa shape index (κ3) is 9.51. The van der Waals surface area contributed by atoms with Crippen LogP contribution in [0.4, 0.5) is 32.2 Å². The van der Waals surface area contributed by atoms with Crippen LogP contribution in [-0.4, -0.2) is 92.7 Å². The molecule has 1 aromatic carbocycles. The molecule has 15 nitrogen and oxygen atoms in total. The van der Waals surface area contributed by atoms with Crippen molar-refractivity contribution in [2.24, 2.45) is 5.73 Å². The van der Waals surface area contributed by atoms with Gasteiger partial charge in [-0.05, 0) is 58.0 Å². The molecule has 1 saturated heterocycles. The first-order chi connectivity index (χ1) is 24.4. The number of rotatable bonds is 9. The number of esters is 2. The van der Waals surface area contributed by atoms with Crippen molar-refractivity contribution in [3.63, 3.8) is 0 Å². The molecule has 5 rings (SSSR count). The van der Waals surface area contributed by atoms with Crippen molar-refractivity contribution in [3.8, 4) is 0 Å². The number of aromatic amines is 1. The molecule has 4 heterocycles. The van der Waals surface area contributed by atoms with Crippen molar-refractivity contribution in [2.75, 3.05) is 31.9 Å². The number of nitrogen functional groups attached to an aromatic ring is 1. The second-order valence-electron chi connectivity index (χ2n) is 11.6. The van der Waals surface area contributed by atoms with Gasteiger partial charge in [0.2, 0.25) is 0 Å². The number of amides is 2. The van der Waals surface area contributed by atoms with Crippen LogP contribution in [0.2, 0.25) is 0 Å². The summed E-state index contributed by atoms with van der Waals surface area (Å²) in [6.07, 6.45) is -7.54. The number of aryl methyl sites for hydroxylation is 2. The number of anilines is 1. The Morgan fingerprint density at radius 1 is 0.981 bits per heavy atom. The molecule has 0 unspecified atom stereocenters. The van der Waals surface area contributed by atoms with Gasteiger partial charge in [-0.15, -0.1) is 0 Å². The zero-order valence-electron chi connectivity index (χ0n) is 28.0. The largest absolute Gasteiger partial charge is 0.491 e. The quantitative estimate of drug-likeness (QED) is 0.0730. The topological polar surface area (TPSA) is 207 Å². The summed E-state index contributed by atoms with van der Waals surface area (Å²) in [5, 5.41) is 6.01. The highest BCUT2D eigenvalue weighted by Gasteiger charge is 2.49. The van der Waals surface area contributed by atoms with E-state index in [1.165, 1.54) is 0 Å². The van der Waals surface area contributed by atoms with Gasteiger partial charge < -0.3 is 36.7 Å². The highest BCUT2D eigenvalue weighted by molar-refractivity contribution is 5.98. The van der Waals surface area contributed by atoms with Gasteiger partial charge in [0, 0.05) is 37.0 Å². The summed E-state index contributed by atoms with van der Waals surface area (Å²) in [5.41, 5.74) is 15.7. The van der Waals surface area contributed by atoms with Crippen LogP contribution in [0.15, 0.2) is 30.5 Å². The number of fused-ring (bicyclic) bond motifs is 2. The monoisotopic (exact) mass is 743 g/mol. The summed E-state index contributed by atoms with van der Waals surface area (Å²) in [7, 11) is 0. The van der Waals surface area contributed by atoms with E-state index in [-0.39, 0.29) is 24.0 Å². The minimum absolute atomic E-state index is 0.0707. The van der Waals surface area contributed by atoms with Gasteiger partial charge in [-0.25, -0.2) is 28.7 Å². The average Bonchev–Trinajstić information content (AvgIpc) is 3.67. The second-order valence-corrected chi connectivity index (χ2v) is 11.6. The number of imidazole rings is 1. The van der Waals surface area contributed by atoms with Gasteiger partial charge >= 0.3 is 24.3 Å². The fourth-order valence-electron chi connectivity index (χ4n) is 5.53. The van der Waals surface area contributed by atoms with Crippen LogP contribution in [0, 0.1) is 0 Å². The van der Waals surface area contributed by atoms with Gasteiger partial charge in [-0.1, -0.05) is 0 Å². The van der Waals surface area contributed by atoms with Gasteiger partial charge in [-0.2, -0.15) is 26.3 Å². The van der Waals surface area contributed by atoms with E-state index < -0.39 is 30.2 Å². The van der Waals surface area contributed by atoms with Crippen molar-refractivity contribution in [1.29, 1.82) is 0 Å². The number of aromatic nitrogens is 5. The Hall–Kier alpha value is -5.31. The molecule has 282 valence electrons. The highest BCUT2D eigenvalue weighted by Crippen LogP contribution is 2.22. The molecule has 0 bridgehead atoms. The molecule has 0 atom stereocenters. The minimum atomic E-state index is -5.62. The molecule has 0 saturated carbocycles. The molecule has 1 aliphatic heterocycles. The zero-order valence-corrected chi connectivity index (χ0v) is 28.0. The third-order valence-electron chi connectivity index (χ3n) is 8.10. The molecule has 3 aromatic heterocycles. The summed E-state index contributed by atoms with van der Waals surface area (Å²) >= 11 is 0. The van der Waals surface area contributed by atoms with Crippen molar-refractivity contribution in [2.45, 2.75) is 64.7 Å². The van der Waals surface area contributed by atoms with Crippen LogP contribution in [0.1, 0.15) is 53.4 Å². The number of nitrogens with zero attached hydrogens (tertiary/aromatic N) is 5. The van der Waals surface area contributed by atoms with Crippen LogP contribution < -0.4 is 26.7 Å². The Balaban J connectivity index is 0.000000398. The number of hydrogen-bond acceptors (Lipinski definition) is 10. The van der Waals surface area contributed by atoms with Gasteiger partial charge in [0.15, 0.2) is 28.2 Å². The zero-order chi connectivity index (χ0) is 38.4. The normalized spacial score (nSPS) is 14.2. The molecule has 0 radical (unpaired) electrons. The fourth-order valence-corrected chi connectivity index (χ4v) is 5.53.